The van der Waals surface area contributed by atoms with Gasteiger partial charge in [0, 0.05) is 13.0 Å². The summed E-state index contributed by atoms with van der Waals surface area (Å²) in [7, 11) is -5.12. The zero-order chi connectivity index (χ0) is 24.6. The summed E-state index contributed by atoms with van der Waals surface area (Å²) in [6, 6.07) is 0. The van der Waals surface area contributed by atoms with Crippen LogP contribution < -0.4 is 74.2 Å². The summed E-state index contributed by atoms with van der Waals surface area (Å²) in [6.07, 6.45) is 14.3. The molecule has 0 aliphatic rings. The fourth-order valence-electron chi connectivity index (χ4n) is 3.41. The van der Waals surface area contributed by atoms with Gasteiger partial charge in [0.05, 0.1) is 21.0 Å². The molecule has 0 aromatic carbocycles. The van der Waals surface area contributed by atoms with E-state index < -0.39 is 26.5 Å². The number of hydrogen-bond acceptors (Lipinski definition) is 9. The van der Waals surface area contributed by atoms with Crippen molar-refractivity contribution in [1.82, 2.24) is 5.32 Å². The van der Waals surface area contributed by atoms with Crippen LogP contribution in [0.4, 0.5) is 0 Å². The minimum Gasteiger partial charge on any atom is -0.790 e. The number of nitrogens with one attached hydrogen (secondary N) is 1. The molecule has 0 amide bonds. The molecule has 0 fully saturated rings. The molecule has 12 heteroatoms. The van der Waals surface area contributed by atoms with Crippen molar-refractivity contribution in [1.29, 1.82) is 0 Å². The smallest absolute Gasteiger partial charge is 0.790 e. The molecule has 1 N–H and O–H groups in total. The van der Waals surface area contributed by atoms with Gasteiger partial charge in [0.15, 0.2) is 0 Å². The first-order valence-electron chi connectivity index (χ1n) is 12.5. The van der Waals surface area contributed by atoms with Crippen LogP contribution in [0.15, 0.2) is 0 Å². The van der Waals surface area contributed by atoms with Crippen molar-refractivity contribution < 1.29 is 97.1 Å². The van der Waals surface area contributed by atoms with E-state index in [1.165, 1.54) is 32.1 Å². The Balaban J connectivity index is -0.00000512. The normalized spacial score (nSPS) is 11.7. The van der Waals surface area contributed by atoms with Crippen molar-refractivity contribution in [2.24, 2.45) is 0 Å². The van der Waals surface area contributed by atoms with Crippen LogP contribution in [0.5, 0.6) is 0 Å². The topological polar surface area (TPSA) is 137 Å². The van der Waals surface area contributed by atoms with Crippen LogP contribution >= 0.6 is 7.82 Å². The maximum absolute atomic E-state index is 12.1. The molecule has 0 bridgehead atoms. The number of hydrogen-bond donors (Lipinski definition) is 1. The average Bonchev–Trinajstić information content (AvgIpc) is 2.76. The van der Waals surface area contributed by atoms with Crippen molar-refractivity contribution in [2.45, 2.75) is 109 Å². The molecule has 0 unspecified atom stereocenters. The summed E-state index contributed by atoms with van der Waals surface area (Å²) in [5, 5.41) is 3.14. The van der Waals surface area contributed by atoms with Gasteiger partial charge in [-0.3, -0.25) is 9.59 Å². The Labute approximate surface area is 256 Å². The molecular formula is C23H44NNa2O8P. The fraction of sp³-hybridized carbons (Fsp3) is 0.913. The summed E-state index contributed by atoms with van der Waals surface area (Å²) >= 11 is 0. The number of unbranched alkanes of at least 4 members (excludes halogenated alkanes) is 12. The summed E-state index contributed by atoms with van der Waals surface area (Å²) in [4.78, 5) is 43.7. The summed E-state index contributed by atoms with van der Waals surface area (Å²) in [5.74, 6) is -0.401. The molecule has 0 aliphatic carbocycles. The first kappa shape index (κ1) is 40.5. The molecule has 0 saturated heterocycles. The van der Waals surface area contributed by atoms with E-state index in [9.17, 15) is 23.9 Å². The summed E-state index contributed by atoms with van der Waals surface area (Å²) < 4.78 is 25.1. The molecule has 35 heavy (non-hydrogen) atoms. The van der Waals surface area contributed by atoms with Crippen LogP contribution in [0, 0.1) is 0 Å². The van der Waals surface area contributed by atoms with Gasteiger partial charge in [0.1, 0.15) is 6.10 Å². The molecule has 0 heterocycles. The Hall–Kier alpha value is 1.01. The van der Waals surface area contributed by atoms with Gasteiger partial charge < -0.3 is 33.7 Å². The van der Waals surface area contributed by atoms with E-state index in [1.54, 1.807) is 0 Å². The number of ether oxygens (including phenoxy) is 2. The van der Waals surface area contributed by atoms with Gasteiger partial charge in [0.2, 0.25) is 0 Å². The zero-order valence-corrected chi connectivity index (χ0v) is 27.2. The predicted molar refractivity (Wildman–Crippen MR) is 123 cm³/mol. The van der Waals surface area contributed by atoms with Gasteiger partial charge in [-0.15, -0.1) is 0 Å². The zero-order valence-electron chi connectivity index (χ0n) is 22.3. The summed E-state index contributed by atoms with van der Waals surface area (Å²) in [5.41, 5.74) is 0. The first-order chi connectivity index (χ1) is 15.9. The SMILES string of the molecule is CCCCCCCCCCC(=O)O[C@@H](CNCCCCCCCCOC=O)COP(=O)([O-])[O-].[Na+].[Na+]. The number of carbonyl (C=O) groups excluding carboxylic acids is 2. The van der Waals surface area contributed by atoms with Gasteiger partial charge in [-0.25, -0.2) is 0 Å². The largest absolute Gasteiger partial charge is 1.00 e. The second kappa shape index (κ2) is 29.6. The molecule has 0 rings (SSSR count). The molecule has 9 nitrogen and oxygen atoms in total. The molecule has 0 radical (unpaired) electrons. The van der Waals surface area contributed by atoms with Crippen LogP contribution in [0.3, 0.4) is 0 Å². The van der Waals surface area contributed by atoms with Gasteiger partial charge in [-0.1, -0.05) is 77.6 Å². The molecule has 1 atom stereocenters. The van der Waals surface area contributed by atoms with Gasteiger partial charge in [0.25, 0.3) is 6.47 Å². The van der Waals surface area contributed by atoms with E-state index in [1.807, 2.05) is 0 Å². The third-order valence-corrected chi connectivity index (χ3v) is 5.72. The van der Waals surface area contributed by atoms with Gasteiger partial charge >= 0.3 is 65.1 Å². The van der Waals surface area contributed by atoms with Crippen molar-refractivity contribution in [2.75, 3.05) is 26.3 Å². The Morgan fingerprint density at radius 1 is 0.886 bits per heavy atom. The standard InChI is InChI=1S/C23H46NO8P.2Na/c1-2-3-4-5-6-7-10-13-16-23(26)32-22(20-31-33(27,28)29)19-24-17-14-11-8-9-12-15-18-30-21-25;;/h21-22,24H,2-20H2,1H3,(H2,27,28,29);;/q;2*+1/p-2/t22-;;/m0../s1. The summed E-state index contributed by atoms with van der Waals surface area (Å²) in [6.45, 7) is 3.56. The van der Waals surface area contributed by atoms with Gasteiger partial charge in [-0.05, 0) is 25.8 Å². The molecule has 0 aromatic rings. The maximum atomic E-state index is 12.1. The number of rotatable bonds is 25. The Bertz CT molecular complexity index is 526. The third kappa shape index (κ3) is 33.0. The quantitative estimate of drug-likeness (QED) is 0.0435. The number of phosphoric ester groups is 1. The van der Waals surface area contributed by atoms with Crippen LogP contribution in [0.25, 0.3) is 0 Å². The number of phosphoric acid groups is 1. The van der Waals surface area contributed by atoms with E-state index in [2.05, 4.69) is 21.5 Å². The Morgan fingerprint density at radius 2 is 1.43 bits per heavy atom. The van der Waals surface area contributed by atoms with Crippen molar-refractivity contribution in [3.8, 4) is 0 Å². The molecule has 0 aromatic heterocycles. The van der Waals surface area contributed by atoms with Gasteiger partial charge in [-0.2, -0.15) is 0 Å². The number of esters is 1. The van der Waals surface area contributed by atoms with Crippen LogP contribution in [-0.2, 0) is 28.2 Å². The Kier molecular flexibility index (Phi) is 34.2. The predicted octanol–water partition coefficient (Wildman–Crippen LogP) is -2.61. The number of carbonyl (C=O) groups is 2. The minimum absolute atomic E-state index is 0. The second-order valence-corrected chi connectivity index (χ2v) is 9.52. The van der Waals surface area contributed by atoms with E-state index >= 15 is 0 Å². The van der Waals surface area contributed by atoms with E-state index in [0.29, 0.717) is 19.6 Å². The van der Waals surface area contributed by atoms with Crippen molar-refractivity contribution in [3.05, 3.63) is 0 Å². The molecule has 196 valence electrons. The average molecular weight is 540 g/mol. The third-order valence-electron chi connectivity index (χ3n) is 5.26. The van der Waals surface area contributed by atoms with Crippen LogP contribution in [-0.4, -0.2) is 44.8 Å². The first-order valence-corrected chi connectivity index (χ1v) is 14.0. The molecule has 0 aliphatic heterocycles. The fourth-order valence-corrected chi connectivity index (χ4v) is 3.76. The molecular weight excluding hydrogens is 495 g/mol. The molecule has 0 saturated carbocycles. The van der Waals surface area contributed by atoms with E-state index in [-0.39, 0.29) is 72.1 Å². The Morgan fingerprint density at radius 3 is 2.00 bits per heavy atom. The van der Waals surface area contributed by atoms with Crippen molar-refractivity contribution in [3.63, 3.8) is 0 Å². The molecule has 0 spiro atoms. The van der Waals surface area contributed by atoms with Crippen LogP contribution in [0.1, 0.15) is 103 Å². The van der Waals surface area contributed by atoms with Crippen molar-refractivity contribution >= 4 is 20.3 Å². The van der Waals surface area contributed by atoms with E-state index in [0.717, 1.165) is 57.8 Å². The maximum Gasteiger partial charge on any atom is 1.00 e. The van der Waals surface area contributed by atoms with E-state index in [4.69, 9.17) is 4.74 Å². The van der Waals surface area contributed by atoms with Crippen LogP contribution in [0.2, 0.25) is 0 Å². The second-order valence-electron chi connectivity index (χ2n) is 8.37. The minimum atomic E-state index is -5.12. The monoisotopic (exact) mass is 539 g/mol.